The summed E-state index contributed by atoms with van der Waals surface area (Å²) in [7, 11) is 0. The quantitative estimate of drug-likeness (QED) is 0.679. The van der Waals surface area contributed by atoms with Crippen molar-refractivity contribution in [3.8, 4) is 0 Å². The molecule has 2 saturated heterocycles. The first-order valence-corrected chi connectivity index (χ1v) is 10.4. The zero-order valence-corrected chi connectivity index (χ0v) is 16.6. The molecule has 0 bridgehead atoms. The SMILES string of the molecule is FC(F)(F)c1cccc2c(N3CCC4(CCCN4Cc4ncc[nH]4)CC3)ccnc12. The van der Waals surface area contributed by atoms with E-state index in [9.17, 15) is 13.2 Å². The van der Waals surface area contributed by atoms with Gasteiger partial charge in [0.15, 0.2) is 0 Å². The summed E-state index contributed by atoms with van der Waals surface area (Å²) < 4.78 is 40.3. The normalized spacial score (nSPS) is 19.8. The lowest BCUT2D eigenvalue weighted by Gasteiger charge is -2.45. The predicted molar refractivity (Wildman–Crippen MR) is 109 cm³/mol. The molecule has 0 saturated carbocycles. The Bertz CT molecular complexity index is 1020. The van der Waals surface area contributed by atoms with Gasteiger partial charge in [0.2, 0.25) is 0 Å². The topological polar surface area (TPSA) is 48.0 Å². The Hall–Kier alpha value is -2.61. The van der Waals surface area contributed by atoms with Crippen molar-refractivity contribution in [3.63, 3.8) is 0 Å². The number of benzene rings is 1. The second-order valence-corrected chi connectivity index (χ2v) is 8.30. The van der Waals surface area contributed by atoms with E-state index in [0.29, 0.717) is 5.39 Å². The molecular formula is C22H24F3N5. The molecule has 5 rings (SSSR count). The van der Waals surface area contributed by atoms with Crippen molar-refractivity contribution < 1.29 is 13.2 Å². The van der Waals surface area contributed by atoms with Crippen molar-refractivity contribution in [1.29, 1.82) is 0 Å². The number of likely N-dealkylation sites (tertiary alicyclic amines) is 1. The molecule has 1 N–H and O–H groups in total. The van der Waals surface area contributed by atoms with E-state index in [-0.39, 0.29) is 11.1 Å². The van der Waals surface area contributed by atoms with Gasteiger partial charge in [0.05, 0.1) is 17.6 Å². The van der Waals surface area contributed by atoms with Gasteiger partial charge < -0.3 is 9.88 Å². The predicted octanol–water partition coefficient (Wildman–Crippen LogP) is 4.61. The van der Waals surface area contributed by atoms with E-state index < -0.39 is 11.7 Å². The summed E-state index contributed by atoms with van der Waals surface area (Å²) in [6, 6.07) is 6.17. The highest BCUT2D eigenvalue weighted by Crippen LogP contribution is 2.42. The Balaban J connectivity index is 1.39. The zero-order chi connectivity index (χ0) is 20.8. The van der Waals surface area contributed by atoms with Crippen molar-refractivity contribution in [1.82, 2.24) is 19.9 Å². The van der Waals surface area contributed by atoms with Crippen LogP contribution >= 0.6 is 0 Å². The second kappa shape index (κ2) is 7.27. The van der Waals surface area contributed by atoms with Gasteiger partial charge in [0.25, 0.3) is 0 Å². The molecule has 158 valence electrons. The lowest BCUT2D eigenvalue weighted by Crippen LogP contribution is -2.52. The van der Waals surface area contributed by atoms with E-state index in [0.717, 1.165) is 63.0 Å². The summed E-state index contributed by atoms with van der Waals surface area (Å²) >= 11 is 0. The summed E-state index contributed by atoms with van der Waals surface area (Å²) in [5.74, 6) is 0.985. The molecule has 0 amide bonds. The molecule has 2 fully saturated rings. The Morgan fingerprint density at radius 2 is 1.83 bits per heavy atom. The van der Waals surface area contributed by atoms with Crippen LogP contribution in [-0.2, 0) is 12.7 Å². The molecule has 2 aliphatic rings. The minimum atomic E-state index is -4.41. The summed E-state index contributed by atoms with van der Waals surface area (Å²) in [6.07, 6.45) is 5.05. The van der Waals surface area contributed by atoms with E-state index >= 15 is 0 Å². The molecule has 4 heterocycles. The van der Waals surface area contributed by atoms with Crippen molar-refractivity contribution in [2.45, 2.75) is 43.9 Å². The number of alkyl halides is 3. The van der Waals surface area contributed by atoms with Gasteiger partial charge in [0.1, 0.15) is 5.82 Å². The zero-order valence-electron chi connectivity index (χ0n) is 16.6. The number of aromatic nitrogens is 3. The number of hydrogen-bond acceptors (Lipinski definition) is 4. The Morgan fingerprint density at radius 3 is 2.57 bits per heavy atom. The molecule has 0 unspecified atom stereocenters. The molecule has 8 heteroatoms. The number of piperidine rings is 1. The third kappa shape index (κ3) is 3.33. The highest BCUT2D eigenvalue weighted by atomic mass is 19.4. The minimum Gasteiger partial charge on any atom is -0.371 e. The Morgan fingerprint density at radius 1 is 1.00 bits per heavy atom. The molecule has 1 spiro atoms. The number of pyridine rings is 1. The molecule has 1 aromatic carbocycles. The number of nitrogens with zero attached hydrogens (tertiary/aromatic N) is 4. The molecule has 3 aromatic rings. The lowest BCUT2D eigenvalue weighted by molar-refractivity contribution is -0.136. The summed E-state index contributed by atoms with van der Waals surface area (Å²) in [5, 5.41) is 0.571. The van der Waals surface area contributed by atoms with Gasteiger partial charge in [-0.25, -0.2) is 4.98 Å². The van der Waals surface area contributed by atoms with Crippen LogP contribution in [0.1, 0.15) is 37.1 Å². The largest absolute Gasteiger partial charge is 0.418 e. The first kappa shape index (κ1) is 19.4. The summed E-state index contributed by atoms with van der Waals surface area (Å²) in [6.45, 7) is 3.53. The first-order valence-electron chi connectivity index (χ1n) is 10.4. The molecule has 30 heavy (non-hydrogen) atoms. The van der Waals surface area contributed by atoms with E-state index in [2.05, 4.69) is 24.8 Å². The molecule has 2 aromatic heterocycles. The number of halogens is 3. The average molecular weight is 415 g/mol. The van der Waals surface area contributed by atoms with Crippen molar-refractivity contribution in [2.24, 2.45) is 0 Å². The van der Waals surface area contributed by atoms with Crippen molar-refractivity contribution in [2.75, 3.05) is 24.5 Å². The first-order chi connectivity index (χ1) is 14.5. The van der Waals surface area contributed by atoms with Gasteiger partial charge in [-0.2, -0.15) is 13.2 Å². The van der Waals surface area contributed by atoms with Gasteiger partial charge in [-0.3, -0.25) is 9.88 Å². The maximum Gasteiger partial charge on any atom is 0.418 e. The lowest BCUT2D eigenvalue weighted by atomic mass is 9.84. The molecular weight excluding hydrogens is 391 g/mol. The summed E-state index contributed by atoms with van der Waals surface area (Å²) in [5.41, 5.74) is 0.360. The molecule has 5 nitrogen and oxygen atoms in total. The van der Waals surface area contributed by atoms with Crippen molar-refractivity contribution >= 4 is 16.6 Å². The van der Waals surface area contributed by atoms with Crippen LogP contribution in [0.4, 0.5) is 18.9 Å². The molecule has 0 atom stereocenters. The monoisotopic (exact) mass is 415 g/mol. The second-order valence-electron chi connectivity index (χ2n) is 8.30. The van der Waals surface area contributed by atoms with Crippen LogP contribution in [0.5, 0.6) is 0 Å². The fourth-order valence-corrected chi connectivity index (χ4v) is 5.20. The van der Waals surface area contributed by atoms with E-state index in [4.69, 9.17) is 0 Å². The highest BCUT2D eigenvalue weighted by molar-refractivity contribution is 5.93. The fraction of sp³-hybridized carbons (Fsp3) is 0.455. The molecule has 0 aliphatic carbocycles. The number of hydrogen-bond donors (Lipinski definition) is 1. The third-order valence-corrected chi connectivity index (χ3v) is 6.72. The number of anilines is 1. The Labute approximate surface area is 172 Å². The fourth-order valence-electron chi connectivity index (χ4n) is 5.20. The number of fused-ring (bicyclic) bond motifs is 1. The smallest absolute Gasteiger partial charge is 0.371 e. The van der Waals surface area contributed by atoms with Crippen LogP contribution in [-0.4, -0.2) is 45.0 Å². The van der Waals surface area contributed by atoms with Crippen LogP contribution < -0.4 is 4.90 Å². The van der Waals surface area contributed by atoms with Crippen LogP contribution in [0.2, 0.25) is 0 Å². The maximum atomic E-state index is 13.4. The molecule has 2 aliphatic heterocycles. The van der Waals surface area contributed by atoms with Gasteiger partial charge in [0, 0.05) is 48.3 Å². The number of rotatable bonds is 3. The average Bonchev–Trinajstić information content (AvgIpc) is 3.38. The van der Waals surface area contributed by atoms with Crippen LogP contribution in [0, 0.1) is 0 Å². The van der Waals surface area contributed by atoms with Gasteiger partial charge in [-0.15, -0.1) is 0 Å². The van der Waals surface area contributed by atoms with Crippen LogP contribution in [0.25, 0.3) is 10.9 Å². The summed E-state index contributed by atoms with van der Waals surface area (Å²) in [4.78, 5) is 16.4. The van der Waals surface area contributed by atoms with Gasteiger partial charge in [-0.05, 0) is 44.4 Å². The molecule has 0 radical (unpaired) electrons. The highest BCUT2D eigenvalue weighted by Gasteiger charge is 2.43. The number of H-pyrrole nitrogens is 1. The Kier molecular flexibility index (Phi) is 4.69. The third-order valence-electron chi connectivity index (χ3n) is 6.72. The van der Waals surface area contributed by atoms with Crippen LogP contribution in [0.3, 0.4) is 0 Å². The van der Waals surface area contributed by atoms with E-state index in [1.165, 1.54) is 18.7 Å². The number of nitrogens with one attached hydrogen (secondary N) is 1. The van der Waals surface area contributed by atoms with Gasteiger partial charge >= 0.3 is 6.18 Å². The number of imidazole rings is 1. The van der Waals surface area contributed by atoms with E-state index in [1.807, 2.05) is 12.3 Å². The van der Waals surface area contributed by atoms with E-state index in [1.54, 1.807) is 12.3 Å². The maximum absolute atomic E-state index is 13.4. The van der Waals surface area contributed by atoms with Gasteiger partial charge in [-0.1, -0.05) is 12.1 Å². The van der Waals surface area contributed by atoms with Crippen molar-refractivity contribution in [3.05, 3.63) is 54.2 Å². The minimum absolute atomic E-state index is 0.0306. The standard InChI is InChI=1S/C22H24F3N5/c23-22(24,25)17-4-1-3-16-18(5-9-28-20(16)17)29-13-7-21(8-14-29)6-2-12-30(21)15-19-26-10-11-27-19/h1,3-5,9-11H,2,6-8,12-15H2,(H,26,27). The van der Waals surface area contributed by atoms with Crippen LogP contribution in [0.15, 0.2) is 42.9 Å². The number of para-hydroxylation sites is 1. The number of aromatic amines is 1.